The van der Waals surface area contributed by atoms with Gasteiger partial charge < -0.3 is 5.32 Å². The molecule has 0 aromatic carbocycles. The van der Waals surface area contributed by atoms with Crippen LogP contribution in [0.5, 0.6) is 0 Å². The number of nitrogens with one attached hydrogen (secondary N) is 1. The Morgan fingerprint density at radius 3 is 2.31 bits per heavy atom. The molecule has 0 aromatic heterocycles. The molecule has 0 saturated carbocycles. The van der Waals surface area contributed by atoms with Crippen molar-refractivity contribution < 1.29 is 0 Å². The summed E-state index contributed by atoms with van der Waals surface area (Å²) in [7, 11) is 0. The molecule has 96 valence electrons. The van der Waals surface area contributed by atoms with Gasteiger partial charge in [0.15, 0.2) is 0 Å². The smallest absolute Gasteiger partial charge is 0.0329 e. The first-order valence-electron chi connectivity index (χ1n) is 7.11. The van der Waals surface area contributed by atoms with Crippen molar-refractivity contribution >= 4 is 0 Å². The molecule has 1 heterocycles. The Labute approximate surface area is 102 Å². The summed E-state index contributed by atoms with van der Waals surface area (Å²) in [6.07, 6.45) is 3.80. The molecule has 1 aliphatic heterocycles. The van der Waals surface area contributed by atoms with Gasteiger partial charge in [-0.2, -0.15) is 0 Å². The standard InChI is InChI=1S/C14H30N2/c1-6-12(5)13-10-16(9-4)14(7-2,8-3)11-15-13/h12-13,15H,6-11H2,1-5H3. The zero-order chi connectivity index (χ0) is 12.2. The second kappa shape index (κ2) is 6.02. The Morgan fingerprint density at radius 2 is 1.88 bits per heavy atom. The normalized spacial score (nSPS) is 27.9. The third-order valence-electron chi connectivity index (χ3n) is 4.81. The Bertz CT molecular complexity index is 199. The summed E-state index contributed by atoms with van der Waals surface area (Å²) in [5.74, 6) is 0.792. The zero-order valence-corrected chi connectivity index (χ0v) is 11.8. The number of nitrogens with zero attached hydrogens (tertiary/aromatic N) is 1. The van der Waals surface area contributed by atoms with E-state index in [1.54, 1.807) is 0 Å². The fourth-order valence-corrected chi connectivity index (χ4v) is 3.01. The summed E-state index contributed by atoms with van der Waals surface area (Å²) in [6, 6.07) is 0.691. The van der Waals surface area contributed by atoms with E-state index in [4.69, 9.17) is 0 Å². The minimum absolute atomic E-state index is 0.415. The number of hydrogen-bond acceptors (Lipinski definition) is 2. The second-order valence-electron chi connectivity index (χ2n) is 5.34. The lowest BCUT2D eigenvalue weighted by Crippen LogP contribution is -2.65. The molecule has 0 bridgehead atoms. The maximum absolute atomic E-state index is 3.79. The van der Waals surface area contributed by atoms with Crippen LogP contribution in [-0.4, -0.2) is 36.1 Å². The summed E-state index contributed by atoms with van der Waals surface area (Å²) in [5, 5.41) is 3.79. The Hall–Kier alpha value is -0.0800. The topological polar surface area (TPSA) is 15.3 Å². The molecule has 2 atom stereocenters. The average Bonchev–Trinajstić information content (AvgIpc) is 2.36. The van der Waals surface area contributed by atoms with Crippen molar-refractivity contribution in [3.63, 3.8) is 0 Å². The molecule has 16 heavy (non-hydrogen) atoms. The highest BCUT2D eigenvalue weighted by Crippen LogP contribution is 2.28. The van der Waals surface area contributed by atoms with Crippen LogP contribution in [0, 0.1) is 5.92 Å². The minimum Gasteiger partial charge on any atom is -0.311 e. The zero-order valence-electron chi connectivity index (χ0n) is 11.8. The van der Waals surface area contributed by atoms with Gasteiger partial charge in [0.2, 0.25) is 0 Å². The summed E-state index contributed by atoms with van der Waals surface area (Å²) >= 11 is 0. The number of hydrogen-bond donors (Lipinski definition) is 1. The lowest BCUT2D eigenvalue weighted by Gasteiger charge is -2.50. The van der Waals surface area contributed by atoms with Crippen LogP contribution in [0.3, 0.4) is 0 Å². The van der Waals surface area contributed by atoms with Crippen molar-refractivity contribution in [3.8, 4) is 0 Å². The average molecular weight is 226 g/mol. The highest BCUT2D eigenvalue weighted by Gasteiger charge is 2.38. The van der Waals surface area contributed by atoms with Crippen molar-refractivity contribution in [2.24, 2.45) is 5.92 Å². The molecule has 1 N–H and O–H groups in total. The molecule has 0 spiro atoms. The van der Waals surface area contributed by atoms with Gasteiger partial charge in [0.25, 0.3) is 0 Å². The predicted molar refractivity (Wildman–Crippen MR) is 71.8 cm³/mol. The van der Waals surface area contributed by atoms with Crippen LogP contribution in [0.15, 0.2) is 0 Å². The van der Waals surface area contributed by atoms with E-state index < -0.39 is 0 Å². The molecule has 0 aromatic rings. The van der Waals surface area contributed by atoms with Gasteiger partial charge in [-0.1, -0.05) is 41.0 Å². The highest BCUT2D eigenvalue weighted by atomic mass is 15.3. The van der Waals surface area contributed by atoms with Gasteiger partial charge in [-0.25, -0.2) is 0 Å². The maximum atomic E-state index is 3.79. The number of piperazine rings is 1. The van der Waals surface area contributed by atoms with Crippen LogP contribution in [0.1, 0.15) is 53.9 Å². The van der Waals surface area contributed by atoms with Crippen LogP contribution in [-0.2, 0) is 0 Å². The summed E-state index contributed by atoms with van der Waals surface area (Å²) < 4.78 is 0. The SMILES string of the molecule is CCC(C)C1CN(CC)C(CC)(CC)CN1. The highest BCUT2D eigenvalue weighted by molar-refractivity contribution is 4.97. The minimum atomic E-state index is 0.415. The van der Waals surface area contributed by atoms with Crippen molar-refractivity contribution in [1.82, 2.24) is 10.2 Å². The molecule has 2 unspecified atom stereocenters. The molecule has 2 nitrogen and oxygen atoms in total. The molecule has 1 rings (SSSR count). The summed E-state index contributed by atoms with van der Waals surface area (Å²) in [6.45, 7) is 15.2. The van der Waals surface area contributed by atoms with Crippen LogP contribution >= 0.6 is 0 Å². The molecule has 2 heteroatoms. The fourth-order valence-electron chi connectivity index (χ4n) is 3.01. The quantitative estimate of drug-likeness (QED) is 0.775. The molecule has 1 saturated heterocycles. The van der Waals surface area contributed by atoms with Crippen LogP contribution in [0.25, 0.3) is 0 Å². The molecule has 1 fully saturated rings. The lowest BCUT2D eigenvalue weighted by molar-refractivity contribution is 0.0249. The van der Waals surface area contributed by atoms with E-state index in [2.05, 4.69) is 44.8 Å². The molecule has 0 amide bonds. The Balaban J connectivity index is 2.70. The van der Waals surface area contributed by atoms with Gasteiger partial charge in [-0.15, -0.1) is 0 Å². The molecular formula is C14H30N2. The van der Waals surface area contributed by atoms with Crippen molar-refractivity contribution in [2.75, 3.05) is 19.6 Å². The van der Waals surface area contributed by atoms with E-state index in [1.165, 1.54) is 38.9 Å². The fraction of sp³-hybridized carbons (Fsp3) is 1.00. The molecular weight excluding hydrogens is 196 g/mol. The predicted octanol–water partition coefficient (Wildman–Crippen LogP) is 2.89. The van der Waals surface area contributed by atoms with E-state index in [0.717, 1.165) is 5.92 Å². The molecule has 1 aliphatic rings. The third-order valence-corrected chi connectivity index (χ3v) is 4.81. The van der Waals surface area contributed by atoms with Gasteiger partial charge in [0.1, 0.15) is 0 Å². The van der Waals surface area contributed by atoms with E-state index >= 15 is 0 Å². The molecule has 0 radical (unpaired) electrons. The van der Waals surface area contributed by atoms with Crippen molar-refractivity contribution in [1.29, 1.82) is 0 Å². The first-order valence-corrected chi connectivity index (χ1v) is 7.11. The Kier molecular flexibility index (Phi) is 5.26. The van der Waals surface area contributed by atoms with Crippen LogP contribution in [0.2, 0.25) is 0 Å². The second-order valence-corrected chi connectivity index (χ2v) is 5.34. The maximum Gasteiger partial charge on any atom is 0.0329 e. The number of rotatable bonds is 5. The van der Waals surface area contributed by atoms with Gasteiger partial charge in [0.05, 0.1) is 0 Å². The van der Waals surface area contributed by atoms with Gasteiger partial charge in [-0.3, -0.25) is 4.90 Å². The van der Waals surface area contributed by atoms with Crippen molar-refractivity contribution in [3.05, 3.63) is 0 Å². The van der Waals surface area contributed by atoms with Crippen LogP contribution < -0.4 is 5.32 Å². The first-order chi connectivity index (χ1) is 7.63. The monoisotopic (exact) mass is 226 g/mol. The van der Waals surface area contributed by atoms with E-state index in [9.17, 15) is 0 Å². The lowest BCUT2D eigenvalue weighted by atomic mass is 9.84. The van der Waals surface area contributed by atoms with E-state index in [-0.39, 0.29) is 0 Å². The van der Waals surface area contributed by atoms with Gasteiger partial charge >= 0.3 is 0 Å². The summed E-state index contributed by atoms with van der Waals surface area (Å²) in [5.41, 5.74) is 0.415. The molecule has 0 aliphatic carbocycles. The van der Waals surface area contributed by atoms with E-state index in [1.807, 2.05) is 0 Å². The van der Waals surface area contributed by atoms with Crippen LogP contribution in [0.4, 0.5) is 0 Å². The first kappa shape index (κ1) is 14.0. The van der Waals surface area contributed by atoms with Crippen molar-refractivity contribution in [2.45, 2.75) is 65.5 Å². The Morgan fingerprint density at radius 1 is 1.25 bits per heavy atom. The largest absolute Gasteiger partial charge is 0.311 e. The third kappa shape index (κ3) is 2.60. The summed E-state index contributed by atoms with van der Waals surface area (Å²) in [4.78, 5) is 2.71. The van der Waals surface area contributed by atoms with E-state index in [0.29, 0.717) is 11.6 Å². The van der Waals surface area contributed by atoms with Gasteiger partial charge in [-0.05, 0) is 25.3 Å². The van der Waals surface area contributed by atoms with Gasteiger partial charge in [0, 0.05) is 24.7 Å². The number of likely N-dealkylation sites (N-methyl/N-ethyl adjacent to an activating group) is 1.